The molecule has 0 bridgehead atoms. The van der Waals surface area contributed by atoms with Gasteiger partial charge in [-0.3, -0.25) is 9.69 Å². The van der Waals surface area contributed by atoms with Gasteiger partial charge < -0.3 is 19.8 Å². The highest BCUT2D eigenvalue weighted by molar-refractivity contribution is 6.30. The Hall–Kier alpha value is -3.54. The van der Waals surface area contributed by atoms with Crippen molar-refractivity contribution in [1.29, 1.82) is 0 Å². The number of anilines is 1. The van der Waals surface area contributed by atoms with Gasteiger partial charge in [-0.1, -0.05) is 22.9 Å². The fourth-order valence-corrected chi connectivity index (χ4v) is 4.68. The van der Waals surface area contributed by atoms with Gasteiger partial charge in [0.1, 0.15) is 17.2 Å². The molecule has 5 rings (SSSR count). The first-order valence-electron chi connectivity index (χ1n) is 12.4. The van der Waals surface area contributed by atoms with Crippen molar-refractivity contribution in [1.82, 2.24) is 39.2 Å². The number of halogens is 1. The van der Waals surface area contributed by atoms with Crippen LogP contribution in [0.2, 0.25) is 5.02 Å². The quantitative estimate of drug-likeness (QED) is 0.374. The Morgan fingerprint density at radius 2 is 1.97 bits per heavy atom. The molecule has 1 amide bonds. The van der Waals surface area contributed by atoms with E-state index in [1.54, 1.807) is 16.9 Å². The largest absolute Gasteiger partial charge is 0.384 e. The molecule has 1 unspecified atom stereocenters. The highest BCUT2D eigenvalue weighted by Gasteiger charge is 2.29. The number of nitrogens with zero attached hydrogens (tertiary/aromatic N) is 8. The van der Waals surface area contributed by atoms with Crippen LogP contribution in [0.15, 0.2) is 48.9 Å². The third-order valence-corrected chi connectivity index (χ3v) is 6.60. The molecule has 4 aromatic heterocycles. The molecule has 37 heavy (non-hydrogen) atoms. The number of amides is 1. The molecule has 194 valence electrons. The number of hydrogen-bond donors (Lipinski definition) is 1. The monoisotopic (exact) mass is 523 g/mol. The summed E-state index contributed by atoms with van der Waals surface area (Å²) in [4.78, 5) is 26.9. The molecule has 0 radical (unpaired) electrons. The predicted molar refractivity (Wildman–Crippen MR) is 140 cm³/mol. The van der Waals surface area contributed by atoms with E-state index in [1.165, 1.54) is 0 Å². The van der Waals surface area contributed by atoms with Crippen molar-refractivity contribution in [3.05, 3.63) is 59.6 Å². The van der Waals surface area contributed by atoms with E-state index < -0.39 is 6.04 Å². The van der Waals surface area contributed by atoms with Gasteiger partial charge >= 0.3 is 0 Å². The van der Waals surface area contributed by atoms with Crippen molar-refractivity contribution in [2.45, 2.75) is 25.9 Å². The summed E-state index contributed by atoms with van der Waals surface area (Å²) in [6, 6.07) is 8.46. The second kappa shape index (κ2) is 11.2. The van der Waals surface area contributed by atoms with Crippen LogP contribution < -0.4 is 5.73 Å². The molecule has 2 N–H and O–H groups in total. The number of nitrogen functional groups attached to an aromatic ring is 1. The second-order valence-electron chi connectivity index (χ2n) is 9.01. The van der Waals surface area contributed by atoms with Crippen LogP contribution in [0, 0.1) is 0 Å². The molecule has 1 fully saturated rings. The van der Waals surface area contributed by atoms with E-state index in [0.29, 0.717) is 48.5 Å². The van der Waals surface area contributed by atoms with E-state index in [0.717, 1.165) is 30.9 Å². The maximum Gasteiger partial charge on any atom is 0.249 e. The molecule has 1 atom stereocenters. The SMILES string of the molecule is CCOCC(C(=O)N1CCCN(Cc2cn3cc(Cl)ccc3n2)CC1)n1cc(-c2cccc(N)n2)nn1. The highest BCUT2D eigenvalue weighted by atomic mass is 35.5. The molecule has 0 saturated carbocycles. The zero-order valence-electron chi connectivity index (χ0n) is 20.7. The van der Waals surface area contributed by atoms with E-state index in [1.807, 2.05) is 52.9 Å². The molecular weight excluding hydrogens is 494 g/mol. The maximum atomic E-state index is 13.6. The molecule has 11 nitrogen and oxygen atoms in total. The van der Waals surface area contributed by atoms with Gasteiger partial charge in [0.15, 0.2) is 6.04 Å². The molecule has 1 saturated heterocycles. The number of fused-ring (bicyclic) bond motifs is 1. The third kappa shape index (κ3) is 5.90. The number of imidazole rings is 1. The first-order chi connectivity index (χ1) is 18.0. The Bertz CT molecular complexity index is 1370. The van der Waals surface area contributed by atoms with E-state index >= 15 is 0 Å². The minimum atomic E-state index is -0.614. The molecule has 4 aromatic rings. The van der Waals surface area contributed by atoms with E-state index in [-0.39, 0.29) is 12.5 Å². The van der Waals surface area contributed by atoms with E-state index in [2.05, 4.69) is 20.2 Å². The van der Waals surface area contributed by atoms with E-state index in [9.17, 15) is 4.79 Å². The van der Waals surface area contributed by atoms with Crippen LogP contribution in [0.5, 0.6) is 0 Å². The zero-order valence-corrected chi connectivity index (χ0v) is 21.5. The summed E-state index contributed by atoms with van der Waals surface area (Å²) in [6.07, 6.45) is 6.45. The summed E-state index contributed by atoms with van der Waals surface area (Å²) >= 11 is 6.10. The number of carbonyl (C=O) groups excluding carboxylic acids is 1. The average Bonchev–Trinajstić information content (AvgIpc) is 3.46. The van der Waals surface area contributed by atoms with Gasteiger partial charge in [-0.05, 0) is 37.6 Å². The number of nitrogens with two attached hydrogens (primary N) is 1. The number of carbonyl (C=O) groups is 1. The molecule has 1 aliphatic rings. The molecule has 12 heteroatoms. The minimum Gasteiger partial charge on any atom is -0.384 e. The lowest BCUT2D eigenvalue weighted by atomic mass is 10.2. The van der Waals surface area contributed by atoms with Crippen molar-refractivity contribution in [3.8, 4) is 11.4 Å². The van der Waals surface area contributed by atoms with Crippen LogP contribution in [0.25, 0.3) is 17.0 Å². The summed E-state index contributed by atoms with van der Waals surface area (Å²) < 4.78 is 9.17. The van der Waals surface area contributed by atoms with Crippen LogP contribution in [0.4, 0.5) is 5.82 Å². The van der Waals surface area contributed by atoms with Gasteiger partial charge in [0.25, 0.3) is 0 Å². The Morgan fingerprint density at radius 1 is 1.08 bits per heavy atom. The summed E-state index contributed by atoms with van der Waals surface area (Å²) in [6.45, 7) is 6.23. The first-order valence-corrected chi connectivity index (χ1v) is 12.7. The van der Waals surface area contributed by atoms with E-state index in [4.69, 9.17) is 27.1 Å². The third-order valence-electron chi connectivity index (χ3n) is 6.38. The molecule has 0 spiro atoms. The first kappa shape index (κ1) is 25.1. The number of pyridine rings is 2. The number of ether oxygens (including phenoxy) is 1. The number of hydrogen-bond acceptors (Lipinski definition) is 8. The normalized spacial score (nSPS) is 15.7. The molecule has 1 aliphatic heterocycles. The van der Waals surface area contributed by atoms with Crippen molar-refractivity contribution in [3.63, 3.8) is 0 Å². The highest BCUT2D eigenvalue weighted by Crippen LogP contribution is 2.20. The Morgan fingerprint density at radius 3 is 2.81 bits per heavy atom. The fourth-order valence-electron chi connectivity index (χ4n) is 4.51. The average molecular weight is 524 g/mol. The van der Waals surface area contributed by atoms with Gasteiger partial charge in [0.05, 0.1) is 29.2 Å². The van der Waals surface area contributed by atoms with Gasteiger partial charge in [-0.25, -0.2) is 14.6 Å². The lowest BCUT2D eigenvalue weighted by molar-refractivity contribution is -0.137. The Kier molecular flexibility index (Phi) is 7.63. The standard InChI is InChI=1S/C25H30ClN9O2/c1-2-37-17-22(35-16-21(30-31-35)20-5-3-6-23(27)29-20)25(36)33-10-4-9-32(11-12-33)14-19-15-34-13-18(26)7-8-24(34)28-19/h3,5-8,13,15-16,22H,2,4,9-12,14,17H2,1H3,(H2,27,29). The molecule has 0 aliphatic carbocycles. The summed E-state index contributed by atoms with van der Waals surface area (Å²) in [5.74, 6) is 0.366. The topological polar surface area (TPSA) is 120 Å². The van der Waals surface area contributed by atoms with Gasteiger partial charge in [-0.15, -0.1) is 5.10 Å². The van der Waals surface area contributed by atoms with Crippen molar-refractivity contribution in [2.75, 3.05) is 45.1 Å². The van der Waals surface area contributed by atoms with Crippen molar-refractivity contribution in [2.24, 2.45) is 0 Å². The van der Waals surface area contributed by atoms with Crippen LogP contribution in [-0.2, 0) is 16.1 Å². The smallest absolute Gasteiger partial charge is 0.249 e. The molecular formula is C25H30ClN9O2. The Labute approximate surface area is 219 Å². The lowest BCUT2D eigenvalue weighted by Gasteiger charge is -2.26. The van der Waals surface area contributed by atoms with Crippen LogP contribution in [-0.4, -0.2) is 84.5 Å². The van der Waals surface area contributed by atoms with Crippen LogP contribution >= 0.6 is 11.6 Å². The molecule has 0 aromatic carbocycles. The van der Waals surface area contributed by atoms with Gasteiger partial charge in [0.2, 0.25) is 5.91 Å². The van der Waals surface area contributed by atoms with Gasteiger partial charge in [0, 0.05) is 51.7 Å². The summed E-state index contributed by atoms with van der Waals surface area (Å²) in [5.41, 5.74) is 8.81. The number of aromatic nitrogens is 6. The summed E-state index contributed by atoms with van der Waals surface area (Å²) in [5, 5.41) is 9.14. The minimum absolute atomic E-state index is 0.0327. The van der Waals surface area contributed by atoms with Crippen molar-refractivity contribution >= 4 is 29.0 Å². The molecule has 5 heterocycles. The Balaban J connectivity index is 1.26. The van der Waals surface area contributed by atoms with Crippen LogP contribution in [0.3, 0.4) is 0 Å². The maximum absolute atomic E-state index is 13.6. The van der Waals surface area contributed by atoms with Gasteiger partial charge in [-0.2, -0.15) is 0 Å². The second-order valence-corrected chi connectivity index (χ2v) is 9.44. The number of rotatable bonds is 8. The van der Waals surface area contributed by atoms with Crippen molar-refractivity contribution < 1.29 is 9.53 Å². The van der Waals surface area contributed by atoms with Crippen LogP contribution in [0.1, 0.15) is 25.1 Å². The lowest BCUT2D eigenvalue weighted by Crippen LogP contribution is -2.41. The zero-order chi connectivity index (χ0) is 25.8. The summed E-state index contributed by atoms with van der Waals surface area (Å²) in [7, 11) is 0. The predicted octanol–water partition coefficient (Wildman–Crippen LogP) is 2.54. The fraction of sp³-hybridized carbons (Fsp3) is 0.400.